The summed E-state index contributed by atoms with van der Waals surface area (Å²) in [7, 11) is 1.67. The Labute approximate surface area is 109 Å². The molecule has 0 aromatic heterocycles. The van der Waals surface area contributed by atoms with E-state index in [1.807, 2.05) is 18.2 Å². The van der Waals surface area contributed by atoms with Crippen LogP contribution < -0.4 is 15.2 Å². The fourth-order valence-electron chi connectivity index (χ4n) is 2.49. The van der Waals surface area contributed by atoms with Crippen LogP contribution in [0.5, 0.6) is 11.5 Å². The van der Waals surface area contributed by atoms with Crippen molar-refractivity contribution in [3.8, 4) is 11.5 Å². The number of ether oxygens (including phenoxy) is 2. The second-order valence-electron chi connectivity index (χ2n) is 4.98. The molecule has 0 spiro atoms. The third-order valence-electron chi connectivity index (χ3n) is 3.56. The second-order valence-corrected chi connectivity index (χ2v) is 4.98. The highest BCUT2D eigenvalue weighted by atomic mass is 16.5. The summed E-state index contributed by atoms with van der Waals surface area (Å²) in [5.74, 6) is 1.77. The summed E-state index contributed by atoms with van der Waals surface area (Å²) in [6.45, 7) is 2.22. The molecule has 1 heterocycles. The zero-order valence-corrected chi connectivity index (χ0v) is 11.3. The molecule has 0 saturated heterocycles. The second kappa shape index (κ2) is 6.10. The van der Waals surface area contributed by atoms with Crippen LogP contribution in [0.2, 0.25) is 0 Å². The molecule has 1 aliphatic rings. The third-order valence-corrected chi connectivity index (χ3v) is 3.56. The maximum Gasteiger partial charge on any atom is 0.124 e. The highest BCUT2D eigenvalue weighted by molar-refractivity contribution is 5.43. The molecule has 0 saturated carbocycles. The van der Waals surface area contributed by atoms with Crippen LogP contribution in [0.4, 0.5) is 0 Å². The van der Waals surface area contributed by atoms with Crippen LogP contribution in [0.15, 0.2) is 18.2 Å². The van der Waals surface area contributed by atoms with Gasteiger partial charge in [0.2, 0.25) is 0 Å². The molecule has 1 aromatic carbocycles. The molecule has 0 aliphatic carbocycles. The van der Waals surface area contributed by atoms with E-state index in [-0.39, 0.29) is 12.1 Å². The Balaban J connectivity index is 2.04. The number of fused-ring (bicyclic) bond motifs is 1. The van der Waals surface area contributed by atoms with E-state index in [1.54, 1.807) is 7.11 Å². The van der Waals surface area contributed by atoms with E-state index in [0.29, 0.717) is 0 Å². The van der Waals surface area contributed by atoms with Crippen LogP contribution in [0.1, 0.15) is 50.6 Å². The molecule has 2 rings (SSSR count). The van der Waals surface area contributed by atoms with Crippen LogP contribution in [-0.4, -0.2) is 13.2 Å². The van der Waals surface area contributed by atoms with Gasteiger partial charge in [0.1, 0.15) is 17.6 Å². The number of benzene rings is 1. The molecule has 0 amide bonds. The predicted octanol–water partition coefficient (Wildman–Crippen LogP) is 3.43. The molecule has 3 heteroatoms. The molecule has 0 fully saturated rings. The van der Waals surface area contributed by atoms with Gasteiger partial charge in [-0.2, -0.15) is 0 Å². The van der Waals surface area contributed by atoms with Gasteiger partial charge in [-0.25, -0.2) is 0 Å². The SMILES string of the molecule is CCCCCC1CC(N)c2cc(OC)ccc2O1. The number of methoxy groups -OCH3 is 1. The topological polar surface area (TPSA) is 44.5 Å². The lowest BCUT2D eigenvalue weighted by Gasteiger charge is -2.30. The van der Waals surface area contributed by atoms with Crippen molar-refractivity contribution in [1.82, 2.24) is 0 Å². The summed E-state index contributed by atoms with van der Waals surface area (Å²) >= 11 is 0. The normalized spacial score (nSPS) is 22.2. The van der Waals surface area contributed by atoms with Crippen molar-refractivity contribution < 1.29 is 9.47 Å². The van der Waals surface area contributed by atoms with Crippen molar-refractivity contribution in [3.05, 3.63) is 23.8 Å². The van der Waals surface area contributed by atoms with E-state index in [4.69, 9.17) is 15.2 Å². The smallest absolute Gasteiger partial charge is 0.124 e. The average molecular weight is 249 g/mol. The molecule has 0 radical (unpaired) electrons. The summed E-state index contributed by atoms with van der Waals surface area (Å²) in [6.07, 6.45) is 6.01. The number of hydrogen-bond acceptors (Lipinski definition) is 3. The van der Waals surface area contributed by atoms with Gasteiger partial charge >= 0.3 is 0 Å². The fourth-order valence-corrected chi connectivity index (χ4v) is 2.49. The molecule has 18 heavy (non-hydrogen) atoms. The Kier molecular flexibility index (Phi) is 4.48. The van der Waals surface area contributed by atoms with Crippen LogP contribution >= 0.6 is 0 Å². The number of hydrogen-bond donors (Lipinski definition) is 1. The number of unbranched alkanes of at least 4 members (excludes halogenated alkanes) is 2. The van der Waals surface area contributed by atoms with Gasteiger partial charge in [0.15, 0.2) is 0 Å². The predicted molar refractivity (Wildman–Crippen MR) is 73.1 cm³/mol. The first kappa shape index (κ1) is 13.2. The highest BCUT2D eigenvalue weighted by Gasteiger charge is 2.25. The van der Waals surface area contributed by atoms with E-state index >= 15 is 0 Å². The van der Waals surface area contributed by atoms with Crippen LogP contribution in [0.3, 0.4) is 0 Å². The van der Waals surface area contributed by atoms with Crippen molar-refractivity contribution in [2.24, 2.45) is 5.73 Å². The zero-order chi connectivity index (χ0) is 13.0. The number of nitrogens with two attached hydrogens (primary N) is 1. The van der Waals surface area contributed by atoms with Crippen LogP contribution in [-0.2, 0) is 0 Å². The minimum atomic E-state index is 0.0653. The van der Waals surface area contributed by atoms with Crippen molar-refractivity contribution >= 4 is 0 Å². The Bertz CT molecular complexity index is 392. The molecule has 0 bridgehead atoms. The largest absolute Gasteiger partial charge is 0.497 e. The molecular weight excluding hydrogens is 226 g/mol. The van der Waals surface area contributed by atoms with Gasteiger partial charge in [0.25, 0.3) is 0 Å². The van der Waals surface area contributed by atoms with Crippen molar-refractivity contribution in [2.45, 2.75) is 51.2 Å². The van der Waals surface area contributed by atoms with E-state index in [0.717, 1.165) is 29.9 Å². The van der Waals surface area contributed by atoms with Gasteiger partial charge in [0.05, 0.1) is 7.11 Å². The quantitative estimate of drug-likeness (QED) is 0.813. The van der Waals surface area contributed by atoms with E-state index < -0.39 is 0 Å². The van der Waals surface area contributed by atoms with E-state index in [2.05, 4.69) is 6.92 Å². The fraction of sp³-hybridized carbons (Fsp3) is 0.600. The van der Waals surface area contributed by atoms with Gasteiger partial charge < -0.3 is 15.2 Å². The van der Waals surface area contributed by atoms with Crippen LogP contribution in [0, 0.1) is 0 Å². The van der Waals surface area contributed by atoms with Gasteiger partial charge in [-0.15, -0.1) is 0 Å². The monoisotopic (exact) mass is 249 g/mol. The maximum atomic E-state index is 6.23. The summed E-state index contributed by atoms with van der Waals surface area (Å²) in [6, 6.07) is 5.96. The van der Waals surface area contributed by atoms with E-state index in [1.165, 1.54) is 19.3 Å². The summed E-state index contributed by atoms with van der Waals surface area (Å²) in [4.78, 5) is 0. The van der Waals surface area contributed by atoms with Crippen LogP contribution in [0.25, 0.3) is 0 Å². The van der Waals surface area contributed by atoms with Gasteiger partial charge in [-0.1, -0.05) is 19.8 Å². The number of rotatable bonds is 5. The minimum absolute atomic E-state index is 0.0653. The molecule has 2 unspecified atom stereocenters. The first-order valence-corrected chi connectivity index (χ1v) is 6.84. The molecule has 2 atom stereocenters. The summed E-state index contributed by atoms with van der Waals surface area (Å²) in [5, 5.41) is 0. The standard InChI is InChI=1S/C15H23NO2/c1-3-4-5-6-12-10-14(16)13-9-11(17-2)7-8-15(13)18-12/h7-9,12,14H,3-6,10,16H2,1-2H3. The molecule has 100 valence electrons. The van der Waals surface area contributed by atoms with Crippen molar-refractivity contribution in [1.29, 1.82) is 0 Å². The Morgan fingerprint density at radius 3 is 2.94 bits per heavy atom. The summed E-state index contributed by atoms with van der Waals surface area (Å²) < 4.78 is 11.2. The lowest BCUT2D eigenvalue weighted by Crippen LogP contribution is -2.29. The average Bonchev–Trinajstić information content (AvgIpc) is 2.39. The Morgan fingerprint density at radius 1 is 1.39 bits per heavy atom. The van der Waals surface area contributed by atoms with Gasteiger partial charge in [0, 0.05) is 18.0 Å². The highest BCUT2D eigenvalue weighted by Crippen LogP contribution is 2.36. The Morgan fingerprint density at radius 2 is 2.22 bits per heavy atom. The van der Waals surface area contributed by atoms with Gasteiger partial charge in [-0.3, -0.25) is 0 Å². The molecule has 1 aliphatic heterocycles. The lowest BCUT2D eigenvalue weighted by molar-refractivity contribution is 0.146. The molecule has 2 N–H and O–H groups in total. The maximum absolute atomic E-state index is 6.23. The first-order chi connectivity index (χ1) is 8.74. The molecule has 3 nitrogen and oxygen atoms in total. The van der Waals surface area contributed by atoms with Crippen molar-refractivity contribution in [2.75, 3.05) is 7.11 Å². The lowest BCUT2D eigenvalue weighted by atomic mass is 9.94. The Hall–Kier alpha value is -1.22. The van der Waals surface area contributed by atoms with E-state index in [9.17, 15) is 0 Å². The summed E-state index contributed by atoms with van der Waals surface area (Å²) in [5.41, 5.74) is 7.30. The van der Waals surface area contributed by atoms with Crippen molar-refractivity contribution in [3.63, 3.8) is 0 Å². The molecule has 1 aromatic rings. The zero-order valence-electron chi connectivity index (χ0n) is 11.3. The van der Waals surface area contributed by atoms with Gasteiger partial charge in [-0.05, 0) is 31.0 Å². The molecular formula is C15H23NO2. The first-order valence-electron chi connectivity index (χ1n) is 6.84. The minimum Gasteiger partial charge on any atom is -0.497 e. The third kappa shape index (κ3) is 2.96.